The average molecular weight is 441 g/mol. The Morgan fingerprint density at radius 3 is 2.76 bits per heavy atom. The zero-order valence-electron chi connectivity index (χ0n) is 13.4. The summed E-state index contributed by atoms with van der Waals surface area (Å²) < 4.78 is 3.16. The molecular formula is C19H16IN5. The minimum atomic E-state index is 0.626. The highest BCUT2D eigenvalue weighted by atomic mass is 127. The van der Waals surface area contributed by atoms with Crippen LogP contribution in [0.5, 0.6) is 0 Å². The average Bonchev–Trinajstić information content (AvgIpc) is 3.06. The molecule has 4 rings (SSSR count). The monoisotopic (exact) mass is 441 g/mol. The summed E-state index contributed by atoms with van der Waals surface area (Å²) in [6, 6.07) is 18.5. The number of nitrogens with zero attached hydrogens (tertiary/aromatic N) is 4. The Labute approximate surface area is 159 Å². The number of hydrogen-bond donors (Lipinski definition) is 1. The zero-order chi connectivity index (χ0) is 17.1. The SMILES string of the molecule is Ic1ccc2ncn(-c3ccnc(NCCc4ccccc4)n3)c2c1. The van der Waals surface area contributed by atoms with Crippen LogP contribution in [0.4, 0.5) is 5.95 Å². The van der Waals surface area contributed by atoms with E-state index in [1.807, 2.05) is 22.8 Å². The predicted molar refractivity (Wildman–Crippen MR) is 108 cm³/mol. The summed E-state index contributed by atoms with van der Waals surface area (Å²) in [5, 5.41) is 3.30. The molecular weight excluding hydrogens is 425 g/mol. The van der Waals surface area contributed by atoms with Crippen LogP contribution < -0.4 is 5.32 Å². The lowest BCUT2D eigenvalue weighted by atomic mass is 10.1. The van der Waals surface area contributed by atoms with Crippen molar-refractivity contribution in [3.63, 3.8) is 0 Å². The van der Waals surface area contributed by atoms with Crippen molar-refractivity contribution in [2.45, 2.75) is 6.42 Å². The standard InChI is InChI=1S/C19H16IN5/c20-15-6-7-16-17(12-15)25(13-23-16)18-9-11-22-19(24-18)21-10-8-14-4-2-1-3-5-14/h1-7,9,11-13H,8,10H2,(H,21,22,24). The van der Waals surface area contributed by atoms with E-state index < -0.39 is 0 Å². The van der Waals surface area contributed by atoms with E-state index in [1.54, 1.807) is 12.5 Å². The number of halogens is 1. The Balaban J connectivity index is 1.53. The van der Waals surface area contributed by atoms with Crippen LogP contribution >= 0.6 is 22.6 Å². The highest BCUT2D eigenvalue weighted by Gasteiger charge is 2.07. The second kappa shape index (κ2) is 7.18. The van der Waals surface area contributed by atoms with Crippen LogP contribution in [0.3, 0.4) is 0 Å². The highest BCUT2D eigenvalue weighted by Crippen LogP contribution is 2.19. The van der Waals surface area contributed by atoms with E-state index in [1.165, 1.54) is 9.13 Å². The fourth-order valence-corrected chi connectivity index (χ4v) is 3.17. The van der Waals surface area contributed by atoms with Gasteiger partial charge in [0.1, 0.15) is 12.1 Å². The van der Waals surface area contributed by atoms with Crippen molar-refractivity contribution in [3.05, 3.63) is 76.3 Å². The van der Waals surface area contributed by atoms with Crippen molar-refractivity contribution < 1.29 is 0 Å². The molecule has 0 saturated heterocycles. The number of imidazole rings is 1. The van der Waals surface area contributed by atoms with Gasteiger partial charge in [-0.25, -0.2) is 9.97 Å². The highest BCUT2D eigenvalue weighted by molar-refractivity contribution is 14.1. The van der Waals surface area contributed by atoms with E-state index in [0.717, 1.165) is 29.8 Å². The minimum absolute atomic E-state index is 0.626. The summed E-state index contributed by atoms with van der Waals surface area (Å²) in [5.41, 5.74) is 3.29. The lowest BCUT2D eigenvalue weighted by Gasteiger charge is -2.08. The van der Waals surface area contributed by atoms with E-state index in [4.69, 9.17) is 0 Å². The minimum Gasteiger partial charge on any atom is -0.354 e. The lowest BCUT2D eigenvalue weighted by molar-refractivity contribution is 0.953. The summed E-state index contributed by atoms with van der Waals surface area (Å²) >= 11 is 2.31. The van der Waals surface area contributed by atoms with Gasteiger partial charge >= 0.3 is 0 Å². The molecule has 6 heteroatoms. The first-order valence-corrected chi connectivity index (χ1v) is 9.11. The van der Waals surface area contributed by atoms with Gasteiger partial charge in [0.05, 0.1) is 11.0 Å². The van der Waals surface area contributed by atoms with Gasteiger partial charge in [0, 0.05) is 16.3 Å². The molecule has 2 aromatic heterocycles. The third-order valence-corrected chi connectivity index (χ3v) is 4.61. The third kappa shape index (κ3) is 3.63. The summed E-state index contributed by atoms with van der Waals surface area (Å²) in [5.74, 6) is 1.43. The van der Waals surface area contributed by atoms with Gasteiger partial charge in [0.15, 0.2) is 0 Å². The molecule has 2 heterocycles. The molecule has 1 N–H and O–H groups in total. The van der Waals surface area contributed by atoms with E-state index in [0.29, 0.717) is 5.95 Å². The smallest absolute Gasteiger partial charge is 0.224 e. The molecule has 0 aliphatic rings. The van der Waals surface area contributed by atoms with Crippen molar-refractivity contribution in [1.29, 1.82) is 0 Å². The molecule has 25 heavy (non-hydrogen) atoms. The molecule has 0 amide bonds. The van der Waals surface area contributed by atoms with Crippen molar-refractivity contribution in [2.24, 2.45) is 0 Å². The molecule has 0 fully saturated rings. The third-order valence-electron chi connectivity index (χ3n) is 3.94. The topological polar surface area (TPSA) is 55.6 Å². The van der Waals surface area contributed by atoms with Gasteiger partial charge in [-0.3, -0.25) is 4.57 Å². The molecule has 0 spiro atoms. The van der Waals surface area contributed by atoms with Gasteiger partial charge in [-0.1, -0.05) is 30.3 Å². The molecule has 5 nitrogen and oxygen atoms in total. The summed E-state index contributed by atoms with van der Waals surface area (Å²) in [6.45, 7) is 0.788. The predicted octanol–water partition coefficient (Wildman–Crippen LogP) is 4.07. The van der Waals surface area contributed by atoms with Gasteiger partial charge in [-0.15, -0.1) is 0 Å². The maximum atomic E-state index is 4.62. The molecule has 0 unspecified atom stereocenters. The number of aromatic nitrogens is 4. The van der Waals surface area contributed by atoms with E-state index in [9.17, 15) is 0 Å². The van der Waals surface area contributed by atoms with Crippen molar-refractivity contribution in [1.82, 2.24) is 19.5 Å². The van der Waals surface area contributed by atoms with Gasteiger partial charge in [-0.05, 0) is 58.8 Å². The molecule has 0 atom stereocenters. The summed E-state index contributed by atoms with van der Waals surface area (Å²) in [6.07, 6.45) is 4.50. The lowest BCUT2D eigenvalue weighted by Crippen LogP contribution is -2.09. The van der Waals surface area contributed by atoms with Crippen LogP contribution in [0.1, 0.15) is 5.56 Å². The number of anilines is 1. The van der Waals surface area contributed by atoms with Crippen LogP contribution in [-0.2, 0) is 6.42 Å². The molecule has 0 radical (unpaired) electrons. The van der Waals surface area contributed by atoms with Gasteiger partial charge in [0.25, 0.3) is 0 Å². The van der Waals surface area contributed by atoms with Crippen LogP contribution in [-0.4, -0.2) is 26.1 Å². The van der Waals surface area contributed by atoms with Crippen LogP contribution in [0, 0.1) is 3.57 Å². The molecule has 0 bridgehead atoms. The molecule has 0 saturated carbocycles. The number of nitrogens with one attached hydrogen (secondary N) is 1. The van der Waals surface area contributed by atoms with Crippen LogP contribution in [0.25, 0.3) is 16.9 Å². The van der Waals surface area contributed by atoms with E-state index in [-0.39, 0.29) is 0 Å². The normalized spacial score (nSPS) is 10.9. The summed E-state index contributed by atoms with van der Waals surface area (Å²) in [4.78, 5) is 13.4. The number of benzene rings is 2. The maximum Gasteiger partial charge on any atom is 0.224 e. The molecule has 2 aromatic carbocycles. The molecule has 0 aliphatic heterocycles. The number of fused-ring (bicyclic) bond motifs is 1. The summed E-state index contributed by atoms with van der Waals surface area (Å²) in [7, 11) is 0. The zero-order valence-corrected chi connectivity index (χ0v) is 15.6. The van der Waals surface area contributed by atoms with E-state index in [2.05, 4.69) is 79.3 Å². The van der Waals surface area contributed by atoms with E-state index >= 15 is 0 Å². The Kier molecular flexibility index (Phi) is 4.60. The molecule has 4 aromatic rings. The Morgan fingerprint density at radius 1 is 1.00 bits per heavy atom. The maximum absolute atomic E-state index is 4.62. The first-order chi connectivity index (χ1) is 12.3. The first-order valence-electron chi connectivity index (χ1n) is 8.03. The quantitative estimate of drug-likeness (QED) is 0.475. The van der Waals surface area contributed by atoms with Crippen molar-refractivity contribution in [3.8, 4) is 5.82 Å². The van der Waals surface area contributed by atoms with Crippen molar-refractivity contribution in [2.75, 3.05) is 11.9 Å². The Bertz CT molecular complexity index is 997. The fraction of sp³-hybridized carbons (Fsp3) is 0.105. The second-order valence-corrected chi connectivity index (χ2v) is 6.89. The largest absolute Gasteiger partial charge is 0.354 e. The Morgan fingerprint density at radius 2 is 1.88 bits per heavy atom. The van der Waals surface area contributed by atoms with Gasteiger partial charge in [-0.2, -0.15) is 4.98 Å². The molecule has 0 aliphatic carbocycles. The second-order valence-electron chi connectivity index (χ2n) is 5.65. The number of hydrogen-bond acceptors (Lipinski definition) is 4. The van der Waals surface area contributed by atoms with Gasteiger partial charge in [0.2, 0.25) is 5.95 Å². The van der Waals surface area contributed by atoms with Gasteiger partial charge < -0.3 is 5.32 Å². The van der Waals surface area contributed by atoms with Crippen LogP contribution in [0.15, 0.2) is 67.1 Å². The van der Waals surface area contributed by atoms with Crippen LogP contribution in [0.2, 0.25) is 0 Å². The molecule has 124 valence electrons. The Hall–Kier alpha value is -2.48. The fourth-order valence-electron chi connectivity index (χ4n) is 2.70. The van der Waals surface area contributed by atoms with Crippen molar-refractivity contribution >= 4 is 39.6 Å². The first kappa shape index (κ1) is 16.0. The number of rotatable bonds is 5.